The minimum absolute atomic E-state index is 0.806. The molecule has 3 N–H and O–H groups in total. The first-order valence-corrected chi connectivity index (χ1v) is 5.30. The van der Waals surface area contributed by atoms with Crippen LogP contribution in [0, 0.1) is 0 Å². The average Bonchev–Trinajstić information content (AvgIpc) is 2.70. The smallest absolute Gasteiger partial charge is 0.384 e. The number of rotatable bonds is 4. The van der Waals surface area contributed by atoms with Crippen LogP contribution in [0.25, 0.3) is 0 Å². The number of aliphatic imine (C=N–C) groups is 1. The van der Waals surface area contributed by atoms with Gasteiger partial charge < -0.3 is 29.9 Å². The molecule has 0 aromatic carbocycles. The van der Waals surface area contributed by atoms with Gasteiger partial charge in [-0.25, -0.2) is 9.59 Å². The van der Waals surface area contributed by atoms with Gasteiger partial charge in [-0.05, 0) is 0 Å². The van der Waals surface area contributed by atoms with Crippen LogP contribution in [-0.2, 0) is 14.4 Å². The van der Waals surface area contributed by atoms with E-state index < -0.39 is 27.9 Å². The zero-order valence-corrected chi connectivity index (χ0v) is 10.9. The Bertz CT molecular complexity index is 357. The summed E-state index contributed by atoms with van der Waals surface area (Å²) in [6, 6.07) is 0. The highest BCUT2D eigenvalue weighted by atomic mass is 16.4. The van der Waals surface area contributed by atoms with Gasteiger partial charge in [-0.1, -0.05) is 0 Å². The van der Waals surface area contributed by atoms with Crippen LogP contribution in [0.2, 0.25) is 0 Å². The molecule has 108 valence electrons. The molecule has 0 aromatic heterocycles. The van der Waals surface area contributed by atoms with Gasteiger partial charge in [0, 0.05) is 6.54 Å². The molecule has 19 heavy (non-hydrogen) atoms. The first-order chi connectivity index (χ1) is 8.58. The lowest BCUT2D eigenvalue weighted by atomic mass is 9.96. The van der Waals surface area contributed by atoms with E-state index in [0.29, 0.717) is 0 Å². The monoisotopic (exact) mass is 275 g/mol. The number of nitrogens with zero attached hydrogens (tertiary/aromatic N) is 2. The Morgan fingerprint density at radius 1 is 1.26 bits per heavy atom. The molecule has 1 heterocycles. The first-order valence-electron chi connectivity index (χ1n) is 5.30. The molecule has 0 atom stereocenters. The summed E-state index contributed by atoms with van der Waals surface area (Å²) < 4.78 is -0.806. The molecule has 0 saturated heterocycles. The molecule has 1 rings (SSSR count). The van der Waals surface area contributed by atoms with Crippen molar-refractivity contribution in [3.8, 4) is 0 Å². The number of carboxylic acid groups (broad SMARTS) is 3. The molecule has 0 spiro atoms. The van der Waals surface area contributed by atoms with E-state index in [1.807, 2.05) is 0 Å². The molecule has 9 heteroatoms. The van der Waals surface area contributed by atoms with Crippen LogP contribution in [0.4, 0.5) is 0 Å². The van der Waals surface area contributed by atoms with Crippen molar-refractivity contribution in [1.29, 1.82) is 0 Å². The number of quaternary nitrogens is 1. The normalized spacial score (nSPS) is 14.1. The van der Waals surface area contributed by atoms with Gasteiger partial charge >= 0.3 is 17.5 Å². The summed E-state index contributed by atoms with van der Waals surface area (Å²) in [4.78, 5) is 36.0. The fourth-order valence-electron chi connectivity index (χ4n) is 1.44. The van der Waals surface area contributed by atoms with Gasteiger partial charge in [-0.2, -0.15) is 0 Å². The molecule has 0 aliphatic carbocycles. The third-order valence-electron chi connectivity index (χ3n) is 2.49. The predicted octanol–water partition coefficient (Wildman–Crippen LogP) is -3.03. The lowest BCUT2D eigenvalue weighted by Gasteiger charge is -2.39. The number of nitrogens with one attached hydrogen (secondary N) is 1. The second-order valence-electron chi connectivity index (χ2n) is 4.61. The van der Waals surface area contributed by atoms with Gasteiger partial charge in [-0.3, -0.25) is 4.99 Å². The van der Waals surface area contributed by atoms with Crippen molar-refractivity contribution in [2.24, 2.45) is 4.99 Å². The van der Waals surface area contributed by atoms with E-state index in [4.69, 9.17) is 10.2 Å². The van der Waals surface area contributed by atoms with Gasteiger partial charge in [0.1, 0.15) is 5.97 Å². The summed E-state index contributed by atoms with van der Waals surface area (Å²) >= 11 is 0. The molecule has 1 aliphatic heterocycles. The van der Waals surface area contributed by atoms with Gasteiger partial charge in [0.2, 0.25) is 0 Å². The van der Waals surface area contributed by atoms with Crippen LogP contribution in [0.5, 0.6) is 0 Å². The number of hydrogen-bond donors (Lipinski definition) is 3. The lowest BCUT2D eigenvalue weighted by molar-refractivity contribution is -0.897. The first kappa shape index (κ1) is 16.8. The fraction of sp³-hybridized carbons (Fsp3) is 0.600. The SMILES string of the molecule is C1=NCCN1.C[N+](C)(C)C(C(=O)[O-])(C(=O)O)C(=O)O. The van der Waals surface area contributed by atoms with Crippen molar-refractivity contribution >= 4 is 24.2 Å². The highest BCUT2D eigenvalue weighted by Crippen LogP contribution is 2.19. The predicted molar refractivity (Wildman–Crippen MR) is 62.4 cm³/mol. The fourth-order valence-corrected chi connectivity index (χ4v) is 1.44. The van der Waals surface area contributed by atoms with Crippen LogP contribution >= 0.6 is 0 Å². The molecule has 9 nitrogen and oxygen atoms in total. The minimum Gasteiger partial charge on any atom is -0.543 e. The second-order valence-corrected chi connectivity index (χ2v) is 4.61. The van der Waals surface area contributed by atoms with Crippen molar-refractivity contribution in [1.82, 2.24) is 5.32 Å². The Labute approximate surface area is 109 Å². The number of aliphatic carboxylic acids is 3. The Balaban J connectivity index is 0.000000532. The maximum absolute atomic E-state index is 10.7. The van der Waals surface area contributed by atoms with Gasteiger partial charge in [0.15, 0.2) is 0 Å². The van der Waals surface area contributed by atoms with Crippen molar-refractivity contribution in [3.63, 3.8) is 0 Å². The zero-order chi connectivity index (χ0) is 15.3. The van der Waals surface area contributed by atoms with Crippen molar-refractivity contribution in [3.05, 3.63) is 0 Å². The standard InChI is InChI=1S/C7H11NO6.C3H6N2/c1-8(2,3)7(4(9)10,5(11)12)6(13)14;1-2-5-3-4-1/h1-3H3,(H2-,9,10,11,12,13,14);3H,1-2H2,(H,4,5). The number of likely N-dealkylation sites (N-methyl/N-ethyl adjacent to an activating group) is 1. The molecule has 0 aromatic rings. The van der Waals surface area contributed by atoms with Crippen molar-refractivity contribution < 1.29 is 34.2 Å². The maximum atomic E-state index is 10.7. The third kappa shape index (κ3) is 3.41. The highest BCUT2D eigenvalue weighted by Gasteiger charge is 2.60. The zero-order valence-electron chi connectivity index (χ0n) is 10.9. The van der Waals surface area contributed by atoms with Gasteiger partial charge in [0.25, 0.3) is 0 Å². The van der Waals surface area contributed by atoms with E-state index >= 15 is 0 Å². The Morgan fingerprint density at radius 3 is 1.79 bits per heavy atom. The minimum atomic E-state index is -2.99. The summed E-state index contributed by atoms with van der Waals surface area (Å²) in [5, 5.41) is 31.0. The molecule has 0 amide bonds. The molecule has 0 unspecified atom stereocenters. The molecular formula is C10H17N3O6. The quantitative estimate of drug-likeness (QED) is 0.366. The Kier molecular flexibility index (Phi) is 5.44. The summed E-state index contributed by atoms with van der Waals surface area (Å²) in [7, 11) is 3.45. The topological polar surface area (TPSA) is 139 Å². The van der Waals surface area contributed by atoms with E-state index in [9.17, 15) is 19.5 Å². The lowest BCUT2D eigenvalue weighted by Crippen LogP contribution is -2.74. The Morgan fingerprint density at radius 2 is 1.74 bits per heavy atom. The summed E-state index contributed by atoms with van der Waals surface area (Å²) in [6.07, 6.45) is 1.74. The van der Waals surface area contributed by atoms with Crippen LogP contribution in [0.15, 0.2) is 4.99 Å². The van der Waals surface area contributed by atoms with E-state index in [1.165, 1.54) is 0 Å². The van der Waals surface area contributed by atoms with Crippen molar-refractivity contribution in [2.45, 2.75) is 5.54 Å². The molecule has 0 saturated carbocycles. The maximum Gasteiger partial charge on any atom is 0.384 e. The molecule has 0 fully saturated rings. The van der Waals surface area contributed by atoms with E-state index in [1.54, 1.807) is 6.34 Å². The van der Waals surface area contributed by atoms with Gasteiger partial charge in [-0.15, -0.1) is 0 Å². The van der Waals surface area contributed by atoms with Gasteiger partial charge in [0.05, 0.1) is 34.0 Å². The third-order valence-corrected chi connectivity index (χ3v) is 2.49. The largest absolute Gasteiger partial charge is 0.543 e. The molecule has 1 aliphatic rings. The van der Waals surface area contributed by atoms with E-state index in [-0.39, 0.29) is 0 Å². The Hall–Kier alpha value is -2.16. The molecule has 0 radical (unpaired) electrons. The summed E-state index contributed by atoms with van der Waals surface area (Å²) in [5.74, 6) is -6.07. The number of carbonyl (C=O) groups excluding carboxylic acids is 1. The number of hydrogen-bond acceptors (Lipinski definition) is 6. The number of carbonyl (C=O) groups is 3. The van der Waals surface area contributed by atoms with Crippen LogP contribution < -0.4 is 10.4 Å². The van der Waals surface area contributed by atoms with Crippen molar-refractivity contribution in [2.75, 3.05) is 34.2 Å². The number of carboxylic acids is 3. The molecular weight excluding hydrogens is 258 g/mol. The molecule has 0 bridgehead atoms. The van der Waals surface area contributed by atoms with Crippen LogP contribution in [-0.4, -0.2) is 78.7 Å². The van der Waals surface area contributed by atoms with Crippen LogP contribution in [0.1, 0.15) is 0 Å². The summed E-state index contributed by atoms with van der Waals surface area (Å²) in [6.45, 7) is 1.99. The van der Waals surface area contributed by atoms with Crippen LogP contribution in [0.3, 0.4) is 0 Å². The second kappa shape index (κ2) is 6.14. The highest BCUT2D eigenvalue weighted by molar-refractivity contribution is 6.19. The van der Waals surface area contributed by atoms with E-state index in [0.717, 1.165) is 34.2 Å². The summed E-state index contributed by atoms with van der Waals surface area (Å²) in [5.41, 5.74) is -2.99. The average molecular weight is 275 g/mol. The van der Waals surface area contributed by atoms with E-state index in [2.05, 4.69) is 10.3 Å².